The number of allylic oxidation sites excluding steroid dienone is 6. The molecule has 290 valence electrons. The van der Waals surface area contributed by atoms with Gasteiger partial charge in [0.25, 0.3) is 0 Å². The van der Waals surface area contributed by atoms with Gasteiger partial charge in [-0.3, -0.25) is 14.4 Å². The molecule has 0 saturated heterocycles. The molecular formula is C44H78O6. The van der Waals surface area contributed by atoms with Crippen molar-refractivity contribution in [2.45, 2.75) is 213 Å². The fraction of sp³-hybridized carbons (Fsp3) is 0.795. The molecule has 0 aromatic rings. The first-order chi connectivity index (χ1) is 24.5. The van der Waals surface area contributed by atoms with Crippen molar-refractivity contribution in [3.8, 4) is 0 Å². The Bertz CT molecular complexity index is 861. The van der Waals surface area contributed by atoms with Crippen LogP contribution in [-0.4, -0.2) is 37.2 Å². The van der Waals surface area contributed by atoms with Crippen LogP contribution in [0.4, 0.5) is 0 Å². The van der Waals surface area contributed by atoms with E-state index in [4.69, 9.17) is 14.2 Å². The molecule has 0 aliphatic heterocycles. The van der Waals surface area contributed by atoms with Crippen LogP contribution in [0.5, 0.6) is 0 Å². The molecule has 0 aliphatic rings. The summed E-state index contributed by atoms with van der Waals surface area (Å²) < 4.78 is 16.5. The highest BCUT2D eigenvalue weighted by atomic mass is 16.6. The maximum absolute atomic E-state index is 12.5. The molecule has 6 heteroatoms. The van der Waals surface area contributed by atoms with Gasteiger partial charge >= 0.3 is 17.9 Å². The topological polar surface area (TPSA) is 78.9 Å². The van der Waals surface area contributed by atoms with Crippen molar-refractivity contribution in [2.75, 3.05) is 13.2 Å². The molecule has 0 amide bonds. The summed E-state index contributed by atoms with van der Waals surface area (Å²) in [5.41, 5.74) is 0. The SMILES string of the molecule is CCCCC/C=C\C/C=C\C/C=C\CCCCCCCCC(=O)OCC(COC(=O)CCCCCCCC)OC(=O)CCCCCCCCC. The van der Waals surface area contributed by atoms with Crippen molar-refractivity contribution in [1.82, 2.24) is 0 Å². The second-order valence-corrected chi connectivity index (χ2v) is 13.9. The fourth-order valence-corrected chi connectivity index (χ4v) is 5.68. The second kappa shape index (κ2) is 39.4. The first-order valence-corrected chi connectivity index (χ1v) is 21.0. The highest BCUT2D eigenvalue weighted by molar-refractivity contribution is 5.71. The molecule has 0 heterocycles. The van der Waals surface area contributed by atoms with Gasteiger partial charge in [-0.15, -0.1) is 0 Å². The summed E-state index contributed by atoms with van der Waals surface area (Å²) in [6, 6.07) is 0. The average Bonchev–Trinajstić information content (AvgIpc) is 3.11. The van der Waals surface area contributed by atoms with Crippen LogP contribution < -0.4 is 0 Å². The van der Waals surface area contributed by atoms with Gasteiger partial charge in [0.15, 0.2) is 6.10 Å². The second-order valence-electron chi connectivity index (χ2n) is 13.9. The van der Waals surface area contributed by atoms with Gasteiger partial charge in [-0.25, -0.2) is 0 Å². The standard InChI is InChI=1S/C44H78O6/c1-4-7-10-13-16-17-18-19-20-21-22-23-24-25-26-27-29-31-34-37-43(46)49-40-41(39-48-42(45)36-33-30-15-12-9-6-3)50-44(47)38-35-32-28-14-11-8-5-2/h16-17,19-20,22-23,41H,4-15,18,21,24-40H2,1-3H3/b17-16-,20-19-,23-22-. The number of hydrogen-bond acceptors (Lipinski definition) is 6. The van der Waals surface area contributed by atoms with Crippen molar-refractivity contribution in [3.63, 3.8) is 0 Å². The van der Waals surface area contributed by atoms with Crippen molar-refractivity contribution in [3.05, 3.63) is 36.5 Å². The lowest BCUT2D eigenvalue weighted by Crippen LogP contribution is -2.30. The quantitative estimate of drug-likeness (QED) is 0.0277. The Hall–Kier alpha value is -2.37. The highest BCUT2D eigenvalue weighted by Crippen LogP contribution is 2.13. The van der Waals surface area contributed by atoms with E-state index in [1.165, 1.54) is 89.9 Å². The van der Waals surface area contributed by atoms with Crippen LogP contribution in [0.25, 0.3) is 0 Å². The Kier molecular flexibility index (Phi) is 37.5. The van der Waals surface area contributed by atoms with Crippen LogP contribution in [-0.2, 0) is 28.6 Å². The Balaban J connectivity index is 4.19. The van der Waals surface area contributed by atoms with Crippen LogP contribution >= 0.6 is 0 Å². The molecule has 0 aromatic heterocycles. The third kappa shape index (κ3) is 36.9. The van der Waals surface area contributed by atoms with Crippen LogP contribution in [0.2, 0.25) is 0 Å². The van der Waals surface area contributed by atoms with Gasteiger partial charge in [-0.05, 0) is 57.8 Å². The predicted molar refractivity (Wildman–Crippen MR) is 210 cm³/mol. The molecule has 1 atom stereocenters. The molecule has 0 bridgehead atoms. The fourth-order valence-electron chi connectivity index (χ4n) is 5.68. The van der Waals surface area contributed by atoms with E-state index < -0.39 is 6.10 Å². The van der Waals surface area contributed by atoms with E-state index in [-0.39, 0.29) is 31.1 Å². The van der Waals surface area contributed by atoms with Crippen molar-refractivity contribution >= 4 is 17.9 Å². The zero-order valence-corrected chi connectivity index (χ0v) is 32.9. The van der Waals surface area contributed by atoms with E-state index in [0.29, 0.717) is 19.3 Å². The zero-order valence-electron chi connectivity index (χ0n) is 32.9. The van der Waals surface area contributed by atoms with E-state index in [1.54, 1.807) is 0 Å². The first-order valence-electron chi connectivity index (χ1n) is 21.0. The predicted octanol–water partition coefficient (Wildman–Crippen LogP) is 13.0. The Morgan fingerprint density at radius 1 is 0.400 bits per heavy atom. The Morgan fingerprint density at radius 2 is 0.720 bits per heavy atom. The lowest BCUT2D eigenvalue weighted by molar-refractivity contribution is -0.167. The molecule has 0 saturated carbocycles. The maximum Gasteiger partial charge on any atom is 0.306 e. The lowest BCUT2D eigenvalue weighted by Gasteiger charge is -2.18. The smallest absolute Gasteiger partial charge is 0.306 e. The van der Waals surface area contributed by atoms with Crippen molar-refractivity contribution < 1.29 is 28.6 Å². The van der Waals surface area contributed by atoms with Crippen LogP contribution in [0.15, 0.2) is 36.5 Å². The largest absolute Gasteiger partial charge is 0.462 e. The summed E-state index contributed by atoms with van der Waals surface area (Å²) in [5.74, 6) is -0.908. The lowest BCUT2D eigenvalue weighted by atomic mass is 10.1. The van der Waals surface area contributed by atoms with Gasteiger partial charge in [0.1, 0.15) is 13.2 Å². The summed E-state index contributed by atoms with van der Waals surface area (Å²) in [6.45, 7) is 6.48. The number of esters is 3. The van der Waals surface area contributed by atoms with Gasteiger partial charge in [-0.2, -0.15) is 0 Å². The molecule has 6 nitrogen and oxygen atoms in total. The van der Waals surface area contributed by atoms with Gasteiger partial charge in [0.2, 0.25) is 0 Å². The minimum absolute atomic E-state index is 0.0759. The number of carbonyl (C=O) groups is 3. The maximum atomic E-state index is 12.5. The molecule has 0 rings (SSSR count). The molecular weight excluding hydrogens is 624 g/mol. The molecule has 0 aromatic carbocycles. The minimum Gasteiger partial charge on any atom is -0.462 e. The average molecular weight is 703 g/mol. The molecule has 1 unspecified atom stereocenters. The summed E-state index contributed by atoms with van der Waals surface area (Å²) in [4.78, 5) is 37.3. The Labute approximate surface area is 308 Å². The Morgan fingerprint density at radius 3 is 1.16 bits per heavy atom. The number of unbranched alkanes of at least 4 members (excludes halogenated alkanes) is 20. The highest BCUT2D eigenvalue weighted by Gasteiger charge is 2.19. The zero-order chi connectivity index (χ0) is 36.6. The molecule has 0 aliphatic carbocycles. The summed E-state index contributed by atoms with van der Waals surface area (Å²) in [5, 5.41) is 0. The van der Waals surface area contributed by atoms with Gasteiger partial charge in [0, 0.05) is 19.3 Å². The van der Waals surface area contributed by atoms with Crippen LogP contribution in [0.3, 0.4) is 0 Å². The van der Waals surface area contributed by atoms with Gasteiger partial charge in [0.05, 0.1) is 0 Å². The van der Waals surface area contributed by atoms with E-state index in [9.17, 15) is 14.4 Å². The molecule has 0 spiro atoms. The minimum atomic E-state index is -0.767. The summed E-state index contributed by atoms with van der Waals surface area (Å²) in [7, 11) is 0. The number of hydrogen-bond donors (Lipinski definition) is 0. The third-order valence-corrected chi connectivity index (χ3v) is 8.90. The monoisotopic (exact) mass is 703 g/mol. The molecule has 0 fully saturated rings. The number of carbonyl (C=O) groups excluding carboxylic acids is 3. The number of rotatable bonds is 37. The van der Waals surface area contributed by atoms with Gasteiger partial charge < -0.3 is 14.2 Å². The van der Waals surface area contributed by atoms with E-state index in [1.807, 2.05) is 0 Å². The normalized spacial score (nSPS) is 12.3. The van der Waals surface area contributed by atoms with Gasteiger partial charge in [-0.1, -0.05) is 166 Å². The van der Waals surface area contributed by atoms with E-state index in [0.717, 1.165) is 77.0 Å². The molecule has 50 heavy (non-hydrogen) atoms. The van der Waals surface area contributed by atoms with Crippen LogP contribution in [0, 0.1) is 0 Å². The van der Waals surface area contributed by atoms with Crippen molar-refractivity contribution in [1.29, 1.82) is 0 Å². The number of ether oxygens (including phenoxy) is 3. The van der Waals surface area contributed by atoms with Crippen molar-refractivity contribution in [2.24, 2.45) is 0 Å². The third-order valence-electron chi connectivity index (χ3n) is 8.90. The van der Waals surface area contributed by atoms with E-state index >= 15 is 0 Å². The van der Waals surface area contributed by atoms with E-state index in [2.05, 4.69) is 57.2 Å². The molecule has 0 N–H and O–H groups in total. The first kappa shape index (κ1) is 47.6. The summed E-state index contributed by atoms with van der Waals surface area (Å²) >= 11 is 0. The summed E-state index contributed by atoms with van der Waals surface area (Å²) in [6.07, 6.45) is 43.0. The molecule has 0 radical (unpaired) electrons. The van der Waals surface area contributed by atoms with Crippen LogP contribution in [0.1, 0.15) is 207 Å².